The molecule has 4 aromatic rings. The SMILES string of the molecule is Cc1cnc(Nc2ccc(OC(F)(F)F)c(C(F)(F)F)c2)nc1Nc1ccc2oc(=O)[nH]c2c1. The Morgan fingerprint density at radius 2 is 1.71 bits per heavy atom. The zero-order valence-corrected chi connectivity index (χ0v) is 16.9. The largest absolute Gasteiger partial charge is 0.573 e. The van der Waals surface area contributed by atoms with Crippen molar-refractivity contribution in [3.05, 3.63) is 64.3 Å². The molecular formula is C20H13F6N5O3. The minimum Gasteiger partial charge on any atom is -0.408 e. The third kappa shape index (κ3) is 5.22. The number of anilines is 4. The molecule has 2 aromatic carbocycles. The number of H-pyrrole nitrogens is 1. The normalized spacial score (nSPS) is 12.1. The lowest BCUT2D eigenvalue weighted by Crippen LogP contribution is -2.20. The lowest BCUT2D eigenvalue weighted by Gasteiger charge is -2.17. The van der Waals surface area contributed by atoms with Gasteiger partial charge in [0, 0.05) is 23.1 Å². The maximum Gasteiger partial charge on any atom is 0.573 e. The molecule has 0 aliphatic heterocycles. The summed E-state index contributed by atoms with van der Waals surface area (Å²) in [7, 11) is 0. The summed E-state index contributed by atoms with van der Waals surface area (Å²) in [6.07, 6.45) is -9.00. The summed E-state index contributed by atoms with van der Waals surface area (Å²) in [5, 5.41) is 5.52. The van der Waals surface area contributed by atoms with Crippen LogP contribution in [0.5, 0.6) is 5.75 Å². The standard InChI is InChI=1S/C20H13F6N5O3/c1-9-8-27-17(31-16(9)28-11-3-5-15-13(7-11)30-18(32)33-15)29-10-2-4-14(34-20(24,25)26)12(6-10)19(21,22)23/h2-8H,1H3,(H,30,32)(H2,27,28,29,31). The van der Waals surface area contributed by atoms with Crippen LogP contribution in [0.4, 0.5) is 49.5 Å². The molecule has 0 aliphatic rings. The molecule has 0 bridgehead atoms. The highest BCUT2D eigenvalue weighted by molar-refractivity contribution is 5.78. The van der Waals surface area contributed by atoms with E-state index >= 15 is 0 Å². The van der Waals surface area contributed by atoms with Gasteiger partial charge in [-0.1, -0.05) is 0 Å². The number of oxazole rings is 1. The lowest BCUT2D eigenvalue weighted by atomic mass is 10.1. The number of nitrogens with zero attached hydrogens (tertiary/aromatic N) is 2. The fourth-order valence-corrected chi connectivity index (χ4v) is 2.97. The molecule has 0 fully saturated rings. The molecule has 0 aliphatic carbocycles. The molecule has 0 atom stereocenters. The smallest absolute Gasteiger partial charge is 0.408 e. The minimum absolute atomic E-state index is 0.122. The number of ether oxygens (including phenoxy) is 1. The van der Waals surface area contributed by atoms with Gasteiger partial charge in [0.15, 0.2) is 5.58 Å². The van der Waals surface area contributed by atoms with Crippen LogP contribution in [0, 0.1) is 6.92 Å². The van der Waals surface area contributed by atoms with Crippen LogP contribution in [0.1, 0.15) is 11.1 Å². The monoisotopic (exact) mass is 485 g/mol. The van der Waals surface area contributed by atoms with Crippen LogP contribution in [-0.2, 0) is 6.18 Å². The van der Waals surface area contributed by atoms with Gasteiger partial charge in [0.05, 0.1) is 11.1 Å². The van der Waals surface area contributed by atoms with Crippen molar-refractivity contribution in [3.8, 4) is 5.75 Å². The Hall–Kier alpha value is -4.23. The van der Waals surface area contributed by atoms with Crippen molar-refractivity contribution in [2.75, 3.05) is 10.6 Å². The van der Waals surface area contributed by atoms with E-state index in [2.05, 4.69) is 30.3 Å². The molecule has 0 saturated heterocycles. The van der Waals surface area contributed by atoms with Crippen molar-refractivity contribution in [2.24, 2.45) is 0 Å². The van der Waals surface area contributed by atoms with Crippen molar-refractivity contribution in [2.45, 2.75) is 19.5 Å². The molecule has 0 amide bonds. The van der Waals surface area contributed by atoms with Crippen molar-refractivity contribution in [3.63, 3.8) is 0 Å². The van der Waals surface area contributed by atoms with Gasteiger partial charge < -0.3 is 19.8 Å². The number of halogens is 6. The lowest BCUT2D eigenvalue weighted by molar-refractivity contribution is -0.276. The van der Waals surface area contributed by atoms with Gasteiger partial charge in [-0.2, -0.15) is 18.2 Å². The van der Waals surface area contributed by atoms with Crippen molar-refractivity contribution >= 4 is 34.2 Å². The molecule has 2 aromatic heterocycles. The Morgan fingerprint density at radius 3 is 2.41 bits per heavy atom. The average Bonchev–Trinajstić information content (AvgIpc) is 3.09. The van der Waals surface area contributed by atoms with E-state index in [0.29, 0.717) is 34.5 Å². The van der Waals surface area contributed by atoms with Crippen LogP contribution in [0.15, 0.2) is 51.8 Å². The summed E-state index contributed by atoms with van der Waals surface area (Å²) in [5.74, 6) is -1.84. The summed E-state index contributed by atoms with van der Waals surface area (Å²) in [5.41, 5.74) is 0.0370. The summed E-state index contributed by atoms with van der Waals surface area (Å²) in [6.45, 7) is 1.68. The number of aromatic nitrogens is 3. The zero-order valence-electron chi connectivity index (χ0n) is 16.9. The first-order valence-electron chi connectivity index (χ1n) is 9.35. The van der Waals surface area contributed by atoms with Crippen LogP contribution in [0.2, 0.25) is 0 Å². The molecular weight excluding hydrogens is 472 g/mol. The van der Waals surface area contributed by atoms with E-state index in [1.807, 2.05) is 0 Å². The predicted octanol–water partition coefficient (Wildman–Crippen LogP) is 5.62. The van der Waals surface area contributed by atoms with Gasteiger partial charge in [-0.05, 0) is 43.3 Å². The highest BCUT2D eigenvalue weighted by Crippen LogP contribution is 2.40. The Labute approximate surface area is 185 Å². The number of aryl methyl sites for hydroxylation is 1. The van der Waals surface area contributed by atoms with E-state index in [1.165, 1.54) is 6.20 Å². The number of nitrogens with one attached hydrogen (secondary N) is 3. The molecule has 0 spiro atoms. The summed E-state index contributed by atoms with van der Waals surface area (Å²) >= 11 is 0. The third-order valence-corrected chi connectivity index (χ3v) is 4.42. The van der Waals surface area contributed by atoms with Crippen LogP contribution >= 0.6 is 0 Å². The Kier molecular flexibility index (Phi) is 5.59. The topological polar surface area (TPSA) is 105 Å². The first-order valence-corrected chi connectivity index (χ1v) is 9.35. The van der Waals surface area contributed by atoms with E-state index < -0.39 is 29.6 Å². The highest BCUT2D eigenvalue weighted by Gasteiger charge is 2.39. The molecule has 3 N–H and O–H groups in total. The van der Waals surface area contributed by atoms with Gasteiger partial charge in [-0.15, -0.1) is 13.2 Å². The van der Waals surface area contributed by atoms with Crippen LogP contribution in [0.3, 0.4) is 0 Å². The quantitative estimate of drug-likeness (QED) is 0.315. The second-order valence-electron chi connectivity index (χ2n) is 6.96. The second-order valence-corrected chi connectivity index (χ2v) is 6.96. The van der Waals surface area contributed by atoms with E-state index in [-0.39, 0.29) is 17.5 Å². The molecule has 8 nitrogen and oxygen atoms in total. The molecule has 4 rings (SSSR count). The van der Waals surface area contributed by atoms with Gasteiger partial charge in [0.1, 0.15) is 11.6 Å². The Balaban J connectivity index is 1.60. The highest BCUT2D eigenvalue weighted by atomic mass is 19.4. The molecule has 0 saturated carbocycles. The molecule has 178 valence electrons. The Morgan fingerprint density at radius 1 is 1.00 bits per heavy atom. The van der Waals surface area contributed by atoms with E-state index in [0.717, 1.165) is 6.07 Å². The molecule has 0 unspecified atom stereocenters. The number of aromatic amines is 1. The first-order chi connectivity index (χ1) is 15.9. The van der Waals surface area contributed by atoms with Crippen LogP contribution in [-0.4, -0.2) is 21.3 Å². The summed E-state index contributed by atoms with van der Waals surface area (Å²) in [4.78, 5) is 22.0. The van der Waals surface area contributed by atoms with Crippen molar-refractivity contribution in [1.82, 2.24) is 15.0 Å². The fourth-order valence-electron chi connectivity index (χ4n) is 2.97. The van der Waals surface area contributed by atoms with Crippen molar-refractivity contribution < 1.29 is 35.5 Å². The van der Waals surface area contributed by atoms with Gasteiger partial charge in [0.25, 0.3) is 0 Å². The maximum atomic E-state index is 13.3. The second kappa shape index (κ2) is 8.28. The molecule has 14 heteroatoms. The number of benzene rings is 2. The Bertz CT molecular complexity index is 1410. The van der Waals surface area contributed by atoms with E-state index in [4.69, 9.17) is 4.42 Å². The zero-order chi connectivity index (χ0) is 24.7. The number of hydrogen-bond donors (Lipinski definition) is 3. The van der Waals surface area contributed by atoms with Crippen molar-refractivity contribution in [1.29, 1.82) is 0 Å². The van der Waals surface area contributed by atoms with E-state index in [1.54, 1.807) is 25.1 Å². The number of alkyl halides is 6. The molecule has 34 heavy (non-hydrogen) atoms. The third-order valence-electron chi connectivity index (χ3n) is 4.42. The molecule has 2 heterocycles. The number of fused-ring (bicyclic) bond motifs is 1. The fraction of sp³-hybridized carbons (Fsp3) is 0.150. The van der Waals surface area contributed by atoms with Gasteiger partial charge in [-0.3, -0.25) is 4.98 Å². The predicted molar refractivity (Wildman–Crippen MR) is 108 cm³/mol. The number of hydrogen-bond acceptors (Lipinski definition) is 7. The van der Waals surface area contributed by atoms with Gasteiger partial charge in [-0.25, -0.2) is 9.78 Å². The van der Waals surface area contributed by atoms with Crippen LogP contribution < -0.4 is 21.1 Å². The maximum absolute atomic E-state index is 13.3. The number of rotatable bonds is 5. The minimum atomic E-state index is -5.29. The molecule has 0 radical (unpaired) electrons. The average molecular weight is 485 g/mol. The summed E-state index contributed by atoms with van der Waals surface area (Å²) < 4.78 is 85.6. The van der Waals surface area contributed by atoms with Gasteiger partial charge >= 0.3 is 18.3 Å². The first kappa shape index (κ1) is 22.9. The van der Waals surface area contributed by atoms with Gasteiger partial charge in [0.2, 0.25) is 5.95 Å². The summed E-state index contributed by atoms with van der Waals surface area (Å²) in [6, 6.07) is 6.73. The van der Waals surface area contributed by atoms with Crippen LogP contribution in [0.25, 0.3) is 11.1 Å². The van der Waals surface area contributed by atoms with E-state index in [9.17, 15) is 31.1 Å².